The average molecular weight is 267 g/mol. The van der Waals surface area contributed by atoms with E-state index in [1.165, 1.54) is 24.2 Å². The molecule has 94 valence electrons. The van der Waals surface area contributed by atoms with Gasteiger partial charge in [0, 0.05) is 0 Å². The molecule has 0 aliphatic rings. The van der Waals surface area contributed by atoms with Gasteiger partial charge < -0.3 is 4.74 Å². The van der Waals surface area contributed by atoms with E-state index < -0.39 is 5.97 Å². The minimum absolute atomic E-state index is 0.124. The molecule has 0 atom stereocenters. The molecule has 0 aliphatic heterocycles. The summed E-state index contributed by atoms with van der Waals surface area (Å²) in [7, 11) is 1.29. The zero-order valence-electron chi connectivity index (χ0n) is 10.1. The van der Waals surface area contributed by atoms with Crippen molar-refractivity contribution >= 4 is 17.6 Å². The van der Waals surface area contributed by atoms with Crippen LogP contribution in [0.4, 0.5) is 0 Å². The average Bonchev–Trinajstić information content (AvgIpc) is 2.66. The molecular weight excluding hydrogens is 256 g/mol. The van der Waals surface area contributed by atoms with Crippen LogP contribution in [-0.4, -0.2) is 32.8 Å². The molecule has 0 fully saturated rings. The van der Waals surface area contributed by atoms with Gasteiger partial charge in [0.15, 0.2) is 11.5 Å². The Kier molecular flexibility index (Phi) is 3.29. The standard InChI is InChI=1S/C11H11ClN4O2/c1-6-10(12)7(2)16(15-6)9-5-13-4-8(14-9)11(17)18-3/h4-5H,1-3H3. The molecule has 0 amide bonds. The molecular formula is C11H11ClN4O2. The topological polar surface area (TPSA) is 69.9 Å². The summed E-state index contributed by atoms with van der Waals surface area (Å²) in [6.07, 6.45) is 2.84. The van der Waals surface area contributed by atoms with Crippen molar-refractivity contribution < 1.29 is 9.53 Å². The van der Waals surface area contributed by atoms with Crippen LogP contribution in [0.25, 0.3) is 5.82 Å². The lowest BCUT2D eigenvalue weighted by atomic mass is 10.4. The van der Waals surface area contributed by atoms with Crippen LogP contribution >= 0.6 is 11.6 Å². The summed E-state index contributed by atoms with van der Waals surface area (Å²) >= 11 is 6.05. The zero-order valence-corrected chi connectivity index (χ0v) is 10.9. The number of carbonyl (C=O) groups is 1. The molecule has 0 aromatic carbocycles. The largest absolute Gasteiger partial charge is 0.464 e. The van der Waals surface area contributed by atoms with E-state index in [4.69, 9.17) is 11.6 Å². The SMILES string of the molecule is COC(=O)c1cncc(-n2nc(C)c(Cl)c2C)n1. The lowest BCUT2D eigenvalue weighted by molar-refractivity contribution is 0.0593. The van der Waals surface area contributed by atoms with Gasteiger partial charge in [-0.3, -0.25) is 4.98 Å². The van der Waals surface area contributed by atoms with Gasteiger partial charge in [-0.2, -0.15) is 5.10 Å². The number of aromatic nitrogens is 4. The van der Waals surface area contributed by atoms with Crippen LogP contribution in [0.3, 0.4) is 0 Å². The van der Waals surface area contributed by atoms with Gasteiger partial charge in [-0.25, -0.2) is 14.5 Å². The highest BCUT2D eigenvalue weighted by Crippen LogP contribution is 2.21. The highest BCUT2D eigenvalue weighted by molar-refractivity contribution is 6.31. The number of esters is 1. The smallest absolute Gasteiger partial charge is 0.358 e. The summed E-state index contributed by atoms with van der Waals surface area (Å²) in [4.78, 5) is 19.5. The minimum atomic E-state index is -0.544. The Balaban J connectivity index is 2.51. The van der Waals surface area contributed by atoms with E-state index in [2.05, 4.69) is 19.8 Å². The van der Waals surface area contributed by atoms with E-state index in [-0.39, 0.29) is 5.69 Å². The number of aryl methyl sites for hydroxylation is 1. The van der Waals surface area contributed by atoms with Gasteiger partial charge in [-0.1, -0.05) is 11.6 Å². The van der Waals surface area contributed by atoms with E-state index in [1.807, 2.05) is 6.92 Å². The van der Waals surface area contributed by atoms with Crippen LogP contribution in [0.5, 0.6) is 0 Å². The zero-order chi connectivity index (χ0) is 13.3. The summed E-state index contributed by atoms with van der Waals surface area (Å²) in [5, 5.41) is 4.81. The van der Waals surface area contributed by atoms with Crippen molar-refractivity contribution in [3.05, 3.63) is 34.5 Å². The maximum Gasteiger partial charge on any atom is 0.358 e. The first-order valence-electron chi connectivity index (χ1n) is 5.17. The summed E-state index contributed by atoms with van der Waals surface area (Å²) in [5.41, 5.74) is 1.56. The van der Waals surface area contributed by atoms with Crippen molar-refractivity contribution in [2.75, 3.05) is 7.11 Å². The molecule has 18 heavy (non-hydrogen) atoms. The third-order valence-electron chi connectivity index (χ3n) is 2.44. The second-order valence-corrected chi connectivity index (χ2v) is 4.03. The second kappa shape index (κ2) is 4.73. The van der Waals surface area contributed by atoms with E-state index in [1.54, 1.807) is 6.92 Å². The van der Waals surface area contributed by atoms with Gasteiger partial charge >= 0.3 is 5.97 Å². The molecule has 0 bridgehead atoms. The van der Waals surface area contributed by atoms with E-state index in [9.17, 15) is 4.79 Å². The van der Waals surface area contributed by atoms with Gasteiger partial charge in [0.2, 0.25) is 0 Å². The number of nitrogens with zero attached hydrogens (tertiary/aromatic N) is 4. The van der Waals surface area contributed by atoms with E-state index >= 15 is 0 Å². The fourth-order valence-corrected chi connectivity index (χ4v) is 1.63. The minimum Gasteiger partial charge on any atom is -0.464 e. The lowest BCUT2D eigenvalue weighted by Crippen LogP contribution is -2.09. The second-order valence-electron chi connectivity index (χ2n) is 3.65. The summed E-state index contributed by atoms with van der Waals surface area (Å²) < 4.78 is 6.13. The van der Waals surface area contributed by atoms with Gasteiger partial charge in [0.1, 0.15) is 0 Å². The van der Waals surface area contributed by atoms with Crippen molar-refractivity contribution in [2.24, 2.45) is 0 Å². The number of hydrogen-bond donors (Lipinski definition) is 0. The van der Waals surface area contributed by atoms with Gasteiger partial charge in [-0.15, -0.1) is 0 Å². The molecule has 0 aliphatic carbocycles. The van der Waals surface area contributed by atoms with Crippen LogP contribution in [0, 0.1) is 13.8 Å². The molecule has 7 heteroatoms. The van der Waals surface area contributed by atoms with Crippen LogP contribution in [0.1, 0.15) is 21.9 Å². The number of hydrogen-bond acceptors (Lipinski definition) is 5. The van der Waals surface area contributed by atoms with Crippen molar-refractivity contribution in [2.45, 2.75) is 13.8 Å². The summed E-state index contributed by atoms with van der Waals surface area (Å²) in [6.45, 7) is 3.61. The number of carbonyl (C=O) groups excluding carboxylic acids is 1. The predicted molar refractivity (Wildman–Crippen MR) is 65.0 cm³/mol. The van der Waals surface area contributed by atoms with Gasteiger partial charge in [-0.05, 0) is 13.8 Å². The molecule has 2 aromatic heterocycles. The fraction of sp³-hybridized carbons (Fsp3) is 0.273. The fourth-order valence-electron chi connectivity index (χ4n) is 1.51. The van der Waals surface area contributed by atoms with Gasteiger partial charge in [0.05, 0.1) is 35.9 Å². The molecule has 0 radical (unpaired) electrons. The first-order valence-corrected chi connectivity index (χ1v) is 5.55. The normalized spacial score (nSPS) is 10.4. The van der Waals surface area contributed by atoms with Gasteiger partial charge in [0.25, 0.3) is 0 Å². The number of methoxy groups -OCH3 is 1. The Bertz CT molecular complexity index is 609. The van der Waals surface area contributed by atoms with Crippen molar-refractivity contribution in [1.82, 2.24) is 19.7 Å². The monoisotopic (exact) mass is 266 g/mol. The first kappa shape index (κ1) is 12.5. The molecule has 2 rings (SSSR count). The van der Waals surface area contributed by atoms with Crippen LogP contribution in [0.2, 0.25) is 5.02 Å². The molecule has 0 N–H and O–H groups in total. The maximum absolute atomic E-state index is 11.4. The molecule has 2 aromatic rings. The molecule has 0 unspecified atom stereocenters. The van der Waals surface area contributed by atoms with Crippen molar-refractivity contribution in [3.63, 3.8) is 0 Å². The molecule has 6 nitrogen and oxygen atoms in total. The first-order chi connectivity index (χ1) is 8.54. The van der Waals surface area contributed by atoms with Crippen LogP contribution < -0.4 is 0 Å². The van der Waals surface area contributed by atoms with Crippen LogP contribution in [-0.2, 0) is 4.74 Å². The highest BCUT2D eigenvalue weighted by atomic mass is 35.5. The number of rotatable bonds is 2. The lowest BCUT2D eigenvalue weighted by Gasteiger charge is -2.04. The molecule has 0 saturated carbocycles. The Hall–Kier alpha value is -1.95. The third-order valence-corrected chi connectivity index (χ3v) is 2.98. The van der Waals surface area contributed by atoms with E-state index in [0.29, 0.717) is 16.5 Å². The molecule has 2 heterocycles. The van der Waals surface area contributed by atoms with Crippen LogP contribution in [0.15, 0.2) is 12.4 Å². The molecule has 0 spiro atoms. The highest BCUT2D eigenvalue weighted by Gasteiger charge is 2.14. The summed E-state index contributed by atoms with van der Waals surface area (Å²) in [6, 6.07) is 0. The Labute approximate surface area is 109 Å². The quantitative estimate of drug-likeness (QED) is 0.774. The predicted octanol–water partition coefficient (Wildman–Crippen LogP) is 1.72. The third kappa shape index (κ3) is 2.06. The maximum atomic E-state index is 11.4. The Morgan fingerprint density at radius 1 is 1.39 bits per heavy atom. The Morgan fingerprint density at radius 2 is 2.11 bits per heavy atom. The number of halogens is 1. The molecule has 0 saturated heterocycles. The van der Waals surface area contributed by atoms with Crippen molar-refractivity contribution in [1.29, 1.82) is 0 Å². The number of ether oxygens (including phenoxy) is 1. The summed E-state index contributed by atoms with van der Waals surface area (Å²) in [5.74, 6) is -0.123. The Morgan fingerprint density at radius 3 is 2.67 bits per heavy atom. The van der Waals surface area contributed by atoms with Crippen molar-refractivity contribution in [3.8, 4) is 5.82 Å². The van der Waals surface area contributed by atoms with E-state index in [0.717, 1.165) is 5.69 Å².